The van der Waals surface area contributed by atoms with E-state index < -0.39 is 12.1 Å². The molecule has 1 saturated carbocycles. The van der Waals surface area contributed by atoms with Gasteiger partial charge in [0.15, 0.2) is 0 Å². The number of ether oxygens (including phenoxy) is 2. The highest BCUT2D eigenvalue weighted by molar-refractivity contribution is 6.32. The lowest BCUT2D eigenvalue weighted by Crippen LogP contribution is -2.48. The molecule has 0 spiro atoms. The Morgan fingerprint density at radius 1 is 0.953 bits per heavy atom. The van der Waals surface area contributed by atoms with Gasteiger partial charge in [0.2, 0.25) is 5.91 Å². The zero-order valence-corrected chi connectivity index (χ0v) is 25.4. The summed E-state index contributed by atoms with van der Waals surface area (Å²) in [7, 11) is 0. The third kappa shape index (κ3) is 7.55. The fraction of sp³-hybridized carbons (Fsp3) is 0.424. The predicted octanol–water partition coefficient (Wildman–Crippen LogP) is 6.61. The number of likely N-dealkylation sites (tertiary alicyclic amines) is 1. The number of hydrogen-bond donors (Lipinski definition) is 2. The number of benzene rings is 3. The van der Waals surface area contributed by atoms with Crippen LogP contribution in [0.3, 0.4) is 0 Å². The second kappa shape index (κ2) is 13.3. The second-order valence-electron chi connectivity index (χ2n) is 11.7. The van der Waals surface area contributed by atoms with Crippen molar-refractivity contribution in [2.45, 2.75) is 50.4 Å². The molecule has 2 saturated heterocycles. The molecule has 6 rings (SSSR count). The summed E-state index contributed by atoms with van der Waals surface area (Å²) in [5, 5.41) is 15.6. The molecule has 43 heavy (non-hydrogen) atoms. The van der Waals surface area contributed by atoms with Gasteiger partial charge in [-0.3, -0.25) is 4.79 Å². The van der Waals surface area contributed by atoms with Crippen LogP contribution in [0.15, 0.2) is 60.7 Å². The van der Waals surface area contributed by atoms with Crippen LogP contribution in [0, 0.1) is 11.7 Å². The Morgan fingerprint density at radius 2 is 1.72 bits per heavy atom. The smallest absolute Gasteiger partial charge is 0.225 e. The van der Waals surface area contributed by atoms with Crippen molar-refractivity contribution in [1.29, 1.82) is 0 Å². The third-order valence-corrected chi connectivity index (χ3v) is 8.97. The van der Waals surface area contributed by atoms with Crippen LogP contribution in [-0.4, -0.2) is 60.8 Å². The van der Waals surface area contributed by atoms with E-state index in [0.717, 1.165) is 44.5 Å². The molecule has 3 aliphatic rings. The molecule has 0 aromatic heterocycles. The minimum Gasteiger partial charge on any atom is -0.489 e. The Morgan fingerprint density at radius 3 is 2.44 bits per heavy atom. The molecule has 2 N–H and O–H groups in total. The summed E-state index contributed by atoms with van der Waals surface area (Å²) in [5.41, 5.74) is 1.54. The fourth-order valence-corrected chi connectivity index (χ4v) is 6.16. The Bertz CT molecular complexity index is 1430. The summed E-state index contributed by atoms with van der Waals surface area (Å²) in [6.07, 6.45) is 4.27. The molecular weight excluding hydrogens is 592 g/mol. The summed E-state index contributed by atoms with van der Waals surface area (Å²) >= 11 is 12.9. The minimum absolute atomic E-state index is 0.0812. The standard InChI is InChI=1S/C33H36Cl2FN3O4/c34-27-11-6-24(18-31(27)43-25-7-4-23(36)5-8-25)39-16-13-22(19-39)33(41)37-29(20-38-14-1-2-15-38)32(40)21-3-12-30(28(35)17-21)42-26-9-10-26/h3-8,11-12,17-18,22,26,29,32,40H,1-2,9-10,13-16,19-20H2,(H,37,41)/t22-,29-,32-/m1/s1. The highest BCUT2D eigenvalue weighted by Crippen LogP contribution is 2.36. The number of aliphatic hydroxyl groups excluding tert-OH is 1. The summed E-state index contributed by atoms with van der Waals surface area (Å²) < 4.78 is 25.1. The maximum atomic E-state index is 13.6. The molecule has 2 aliphatic heterocycles. The van der Waals surface area contributed by atoms with Crippen molar-refractivity contribution in [3.8, 4) is 17.2 Å². The van der Waals surface area contributed by atoms with E-state index >= 15 is 0 Å². The van der Waals surface area contributed by atoms with Gasteiger partial charge in [-0.05, 0) is 99.3 Å². The van der Waals surface area contributed by atoms with E-state index in [0.29, 0.717) is 58.9 Å². The number of anilines is 1. The monoisotopic (exact) mass is 627 g/mol. The molecular formula is C33H36Cl2FN3O4. The van der Waals surface area contributed by atoms with Gasteiger partial charge in [0.25, 0.3) is 0 Å². The van der Waals surface area contributed by atoms with Gasteiger partial charge >= 0.3 is 0 Å². The molecule has 2 heterocycles. The van der Waals surface area contributed by atoms with Crippen molar-refractivity contribution in [2.75, 3.05) is 37.6 Å². The predicted molar refractivity (Wildman–Crippen MR) is 166 cm³/mol. The van der Waals surface area contributed by atoms with Gasteiger partial charge in [0, 0.05) is 31.4 Å². The lowest BCUT2D eigenvalue weighted by Gasteiger charge is -2.30. The number of rotatable bonds is 11. The molecule has 0 unspecified atom stereocenters. The number of aliphatic hydroxyl groups is 1. The van der Waals surface area contributed by atoms with Gasteiger partial charge < -0.3 is 29.7 Å². The summed E-state index contributed by atoms with van der Waals surface area (Å²) in [4.78, 5) is 18.0. The van der Waals surface area contributed by atoms with Crippen LogP contribution in [0.1, 0.15) is 43.8 Å². The Kier molecular flexibility index (Phi) is 9.28. The average molecular weight is 629 g/mol. The lowest BCUT2D eigenvalue weighted by molar-refractivity contribution is -0.126. The van der Waals surface area contributed by atoms with Crippen LogP contribution < -0.4 is 19.7 Å². The maximum Gasteiger partial charge on any atom is 0.225 e. The van der Waals surface area contributed by atoms with E-state index in [4.69, 9.17) is 32.7 Å². The Balaban J connectivity index is 1.12. The van der Waals surface area contributed by atoms with Crippen molar-refractivity contribution in [2.24, 2.45) is 5.92 Å². The molecule has 0 radical (unpaired) electrons. The highest BCUT2D eigenvalue weighted by atomic mass is 35.5. The van der Waals surface area contributed by atoms with E-state index in [1.807, 2.05) is 24.3 Å². The quantitative estimate of drug-likeness (QED) is 0.249. The maximum absolute atomic E-state index is 13.6. The van der Waals surface area contributed by atoms with Crippen molar-refractivity contribution in [3.05, 3.63) is 82.1 Å². The average Bonchev–Trinajstić information content (AvgIpc) is 3.43. The molecule has 1 aliphatic carbocycles. The molecule has 0 bridgehead atoms. The van der Waals surface area contributed by atoms with E-state index in [-0.39, 0.29) is 23.7 Å². The van der Waals surface area contributed by atoms with Crippen molar-refractivity contribution in [1.82, 2.24) is 10.2 Å². The number of nitrogens with one attached hydrogen (secondary N) is 1. The number of hydrogen-bond acceptors (Lipinski definition) is 6. The molecule has 3 aromatic carbocycles. The van der Waals surface area contributed by atoms with Crippen LogP contribution >= 0.6 is 23.2 Å². The van der Waals surface area contributed by atoms with E-state index in [1.165, 1.54) is 12.1 Å². The summed E-state index contributed by atoms with van der Waals surface area (Å²) in [6.45, 7) is 3.67. The van der Waals surface area contributed by atoms with E-state index in [2.05, 4.69) is 15.1 Å². The zero-order valence-electron chi connectivity index (χ0n) is 23.9. The fourth-order valence-electron chi connectivity index (χ4n) is 5.77. The number of nitrogens with zero attached hydrogens (tertiary/aromatic N) is 2. The molecule has 228 valence electrons. The Labute approximate surface area is 261 Å². The minimum atomic E-state index is -0.919. The second-order valence-corrected chi connectivity index (χ2v) is 12.5. The number of carbonyl (C=O) groups is 1. The largest absolute Gasteiger partial charge is 0.489 e. The first-order chi connectivity index (χ1) is 20.8. The van der Waals surface area contributed by atoms with Gasteiger partial charge in [-0.15, -0.1) is 0 Å². The van der Waals surface area contributed by atoms with Crippen LogP contribution in [0.25, 0.3) is 0 Å². The van der Waals surface area contributed by atoms with Gasteiger partial charge in [-0.2, -0.15) is 0 Å². The number of halogens is 3. The number of amides is 1. The molecule has 7 nitrogen and oxygen atoms in total. The van der Waals surface area contributed by atoms with E-state index in [9.17, 15) is 14.3 Å². The summed E-state index contributed by atoms with van der Waals surface area (Å²) in [5.74, 6) is 0.891. The third-order valence-electron chi connectivity index (χ3n) is 8.36. The summed E-state index contributed by atoms with van der Waals surface area (Å²) in [6, 6.07) is 16.2. The number of carbonyl (C=O) groups excluding carboxylic acids is 1. The van der Waals surface area contributed by atoms with Crippen molar-refractivity contribution >= 4 is 34.8 Å². The highest BCUT2D eigenvalue weighted by Gasteiger charge is 2.33. The lowest BCUT2D eigenvalue weighted by atomic mass is 10.00. The van der Waals surface area contributed by atoms with Gasteiger partial charge in [-0.25, -0.2) is 4.39 Å². The normalized spacial score (nSPS) is 20.2. The molecule has 3 fully saturated rings. The van der Waals surface area contributed by atoms with Crippen LogP contribution in [-0.2, 0) is 4.79 Å². The first kappa shape index (κ1) is 30.0. The molecule has 3 atom stereocenters. The first-order valence-corrected chi connectivity index (χ1v) is 15.7. The molecule has 1 amide bonds. The van der Waals surface area contributed by atoms with Gasteiger partial charge in [0.05, 0.1) is 28.1 Å². The van der Waals surface area contributed by atoms with Gasteiger partial charge in [0.1, 0.15) is 29.2 Å². The van der Waals surface area contributed by atoms with Crippen molar-refractivity contribution in [3.63, 3.8) is 0 Å². The zero-order chi connectivity index (χ0) is 29.9. The van der Waals surface area contributed by atoms with E-state index in [1.54, 1.807) is 24.3 Å². The molecule has 3 aromatic rings. The van der Waals surface area contributed by atoms with Crippen LogP contribution in [0.5, 0.6) is 17.2 Å². The Hall–Kier alpha value is -3.04. The molecule has 10 heteroatoms. The topological polar surface area (TPSA) is 74.3 Å². The SMILES string of the molecule is O=C(N[C@H](CN1CCCC1)[C@H](O)c1ccc(OC2CC2)c(Cl)c1)[C@@H]1CCN(c2ccc(Cl)c(Oc3ccc(F)cc3)c2)C1. The van der Waals surface area contributed by atoms with Crippen LogP contribution in [0.2, 0.25) is 10.0 Å². The van der Waals surface area contributed by atoms with Gasteiger partial charge in [-0.1, -0.05) is 29.3 Å². The first-order valence-electron chi connectivity index (χ1n) is 15.0. The van der Waals surface area contributed by atoms with Crippen LogP contribution in [0.4, 0.5) is 10.1 Å². The van der Waals surface area contributed by atoms with Crippen molar-refractivity contribution < 1.29 is 23.8 Å².